The smallest absolute Gasteiger partial charge is 0.475 e. The normalized spacial score (nSPS) is 19.0. The van der Waals surface area contributed by atoms with Gasteiger partial charge in [-0.25, -0.2) is 14.4 Å². The Hall–Kier alpha value is -4.53. The summed E-state index contributed by atoms with van der Waals surface area (Å²) in [5.74, 6) is -7.78. The number of likely N-dealkylation sites (tertiary alicyclic amines) is 1. The second kappa shape index (κ2) is 17.4. The largest absolute Gasteiger partial charge is 0.490 e. The number of nitrogens with zero attached hydrogens (tertiary/aromatic N) is 3. The van der Waals surface area contributed by atoms with E-state index in [0.717, 1.165) is 31.9 Å². The van der Waals surface area contributed by atoms with Crippen molar-refractivity contribution in [2.75, 3.05) is 26.3 Å². The molecule has 0 saturated carbocycles. The van der Waals surface area contributed by atoms with Crippen LogP contribution >= 0.6 is 0 Å². The number of hydrogen-bond donors (Lipinski definition) is 4. The molecule has 47 heavy (non-hydrogen) atoms. The summed E-state index contributed by atoms with van der Waals surface area (Å²) in [6, 6.07) is 9.80. The SMILES string of the molecule is O=C(C[C@]12COC[C@H]1CN(Cc1cccnc1)C2)NCc1ccccn1.O=C(O)C(F)(F)F.O=C(O)C(F)(F)F.O=C(O)C(F)(F)F. The van der Waals surface area contributed by atoms with Crippen LogP contribution in [0.3, 0.4) is 0 Å². The first kappa shape index (κ1) is 40.5. The molecule has 4 heterocycles. The minimum atomic E-state index is -5.08. The van der Waals surface area contributed by atoms with Crippen LogP contribution in [0.15, 0.2) is 48.9 Å². The number of fused-ring (bicyclic) bond motifs is 1. The lowest BCUT2D eigenvalue weighted by atomic mass is 9.78. The maximum atomic E-state index is 12.6. The highest BCUT2D eigenvalue weighted by Gasteiger charge is 2.51. The molecule has 0 radical (unpaired) electrons. The zero-order chi connectivity index (χ0) is 36.1. The molecule has 1 amide bonds. The van der Waals surface area contributed by atoms with Crippen LogP contribution in [0.1, 0.15) is 17.7 Å². The van der Waals surface area contributed by atoms with Crippen molar-refractivity contribution >= 4 is 23.8 Å². The lowest BCUT2D eigenvalue weighted by Gasteiger charge is -2.26. The van der Waals surface area contributed by atoms with Gasteiger partial charge >= 0.3 is 36.4 Å². The Labute approximate surface area is 259 Å². The van der Waals surface area contributed by atoms with Crippen molar-refractivity contribution in [2.24, 2.45) is 11.3 Å². The molecule has 4 N–H and O–H groups in total. The molecule has 0 aromatic carbocycles. The molecule has 12 nitrogen and oxygen atoms in total. The Morgan fingerprint density at radius 2 is 1.43 bits per heavy atom. The molecule has 2 atom stereocenters. The van der Waals surface area contributed by atoms with E-state index in [-0.39, 0.29) is 11.3 Å². The van der Waals surface area contributed by atoms with Crippen molar-refractivity contribution in [1.82, 2.24) is 20.2 Å². The fraction of sp³-hybridized carbons (Fsp3) is 0.462. The van der Waals surface area contributed by atoms with E-state index in [9.17, 15) is 44.3 Å². The Balaban J connectivity index is 0.000000430. The monoisotopic (exact) mass is 694 g/mol. The van der Waals surface area contributed by atoms with Gasteiger partial charge in [0.15, 0.2) is 0 Å². The van der Waals surface area contributed by atoms with E-state index < -0.39 is 36.4 Å². The molecule has 2 aromatic rings. The Kier molecular flexibility index (Phi) is 15.0. The number of aliphatic carboxylic acids is 3. The molecule has 2 aliphatic heterocycles. The van der Waals surface area contributed by atoms with Gasteiger partial charge < -0.3 is 25.4 Å². The van der Waals surface area contributed by atoms with Gasteiger partial charge in [-0.05, 0) is 23.8 Å². The van der Waals surface area contributed by atoms with E-state index in [1.807, 2.05) is 30.5 Å². The predicted molar refractivity (Wildman–Crippen MR) is 138 cm³/mol. The number of carbonyl (C=O) groups is 4. The second-order valence-electron chi connectivity index (χ2n) is 9.79. The molecule has 0 unspecified atom stereocenters. The molecule has 2 fully saturated rings. The van der Waals surface area contributed by atoms with Gasteiger partial charge in [-0.2, -0.15) is 39.5 Å². The van der Waals surface area contributed by atoms with Crippen LogP contribution in [0.25, 0.3) is 0 Å². The molecule has 0 spiro atoms. The quantitative estimate of drug-likeness (QED) is 0.325. The third kappa shape index (κ3) is 15.1. The number of alkyl halides is 9. The zero-order valence-electron chi connectivity index (χ0n) is 23.8. The fourth-order valence-corrected chi connectivity index (χ4v) is 4.14. The van der Waals surface area contributed by atoms with E-state index in [2.05, 4.69) is 26.3 Å². The summed E-state index contributed by atoms with van der Waals surface area (Å²) in [5.41, 5.74) is 2.02. The summed E-state index contributed by atoms with van der Waals surface area (Å²) in [6.07, 6.45) is -9.29. The van der Waals surface area contributed by atoms with Crippen molar-refractivity contribution in [2.45, 2.75) is 38.0 Å². The van der Waals surface area contributed by atoms with E-state index in [1.165, 1.54) is 5.56 Å². The van der Waals surface area contributed by atoms with E-state index in [0.29, 0.717) is 25.5 Å². The van der Waals surface area contributed by atoms with Gasteiger partial charge in [-0.15, -0.1) is 0 Å². The zero-order valence-corrected chi connectivity index (χ0v) is 23.8. The summed E-state index contributed by atoms with van der Waals surface area (Å²) < 4.78 is 101. The topological polar surface area (TPSA) is 179 Å². The van der Waals surface area contributed by atoms with E-state index >= 15 is 0 Å². The molecule has 262 valence electrons. The first-order chi connectivity index (χ1) is 21.6. The van der Waals surface area contributed by atoms with Gasteiger partial charge in [0.1, 0.15) is 0 Å². The molecule has 2 saturated heterocycles. The number of nitrogens with one attached hydrogen (secondary N) is 1. The average molecular weight is 695 g/mol. The molecule has 2 aromatic heterocycles. The van der Waals surface area contributed by atoms with Gasteiger partial charge in [0, 0.05) is 56.0 Å². The molecule has 21 heteroatoms. The van der Waals surface area contributed by atoms with E-state index in [1.54, 1.807) is 12.4 Å². The summed E-state index contributed by atoms with van der Waals surface area (Å²) in [5, 5.41) is 24.4. The third-order valence-electron chi connectivity index (χ3n) is 6.15. The van der Waals surface area contributed by atoms with Gasteiger partial charge in [0.05, 0.1) is 25.5 Å². The van der Waals surface area contributed by atoms with Gasteiger partial charge in [0.2, 0.25) is 5.91 Å². The molecule has 0 bridgehead atoms. The van der Waals surface area contributed by atoms with Crippen molar-refractivity contribution in [3.63, 3.8) is 0 Å². The highest BCUT2D eigenvalue weighted by molar-refractivity contribution is 5.77. The minimum Gasteiger partial charge on any atom is -0.475 e. The number of pyridine rings is 2. The van der Waals surface area contributed by atoms with Gasteiger partial charge in [-0.1, -0.05) is 12.1 Å². The van der Waals surface area contributed by atoms with E-state index in [4.69, 9.17) is 34.4 Å². The summed E-state index contributed by atoms with van der Waals surface area (Å²) in [6.45, 7) is 4.63. The van der Waals surface area contributed by atoms with Crippen LogP contribution in [0, 0.1) is 11.3 Å². The Bertz CT molecular complexity index is 1260. The number of carboxylic acid groups (broad SMARTS) is 3. The Morgan fingerprint density at radius 3 is 1.87 bits per heavy atom. The van der Waals surface area contributed by atoms with Crippen LogP contribution in [0.5, 0.6) is 0 Å². The van der Waals surface area contributed by atoms with Crippen molar-refractivity contribution < 1.29 is 78.7 Å². The molecule has 0 aliphatic carbocycles. The molecular formula is C26H27F9N4O8. The number of halogens is 9. The first-order valence-electron chi connectivity index (χ1n) is 12.8. The molecular weight excluding hydrogens is 667 g/mol. The fourth-order valence-electron chi connectivity index (χ4n) is 4.14. The highest BCUT2D eigenvalue weighted by Crippen LogP contribution is 2.44. The molecule has 4 rings (SSSR count). The number of hydrogen-bond acceptors (Lipinski definition) is 8. The van der Waals surface area contributed by atoms with Crippen LogP contribution in [0.4, 0.5) is 39.5 Å². The van der Waals surface area contributed by atoms with Crippen LogP contribution in [-0.4, -0.2) is 98.8 Å². The number of rotatable bonds is 6. The standard InChI is InChI=1S/C20H24N4O2.3C2HF3O2/c25-19(23-10-18-5-1-2-7-22-18)8-20-14-24(12-17(20)13-26-15-20)11-16-4-3-6-21-9-16;3*3-2(4,5)1(6)7/h1-7,9,17H,8,10-15H2,(H,23,25);3*(H,6,7)/t17-,20+;;;/m1.../s1. The lowest BCUT2D eigenvalue weighted by molar-refractivity contribution is -0.193. The van der Waals surface area contributed by atoms with Crippen LogP contribution in [-0.2, 0) is 37.0 Å². The maximum absolute atomic E-state index is 12.6. The number of carboxylic acids is 3. The van der Waals surface area contributed by atoms with Crippen molar-refractivity contribution in [3.05, 3.63) is 60.2 Å². The van der Waals surface area contributed by atoms with Crippen LogP contribution < -0.4 is 5.32 Å². The lowest BCUT2D eigenvalue weighted by Crippen LogP contribution is -2.37. The summed E-state index contributed by atoms with van der Waals surface area (Å²) in [4.78, 5) is 50.1. The van der Waals surface area contributed by atoms with Gasteiger partial charge in [0.25, 0.3) is 0 Å². The number of amides is 1. The average Bonchev–Trinajstić information content (AvgIpc) is 3.48. The second-order valence-corrected chi connectivity index (χ2v) is 9.79. The maximum Gasteiger partial charge on any atom is 0.490 e. The molecule has 2 aliphatic rings. The minimum absolute atomic E-state index is 0.0730. The highest BCUT2D eigenvalue weighted by atomic mass is 19.4. The third-order valence-corrected chi connectivity index (χ3v) is 6.15. The van der Waals surface area contributed by atoms with Gasteiger partial charge in [-0.3, -0.25) is 19.7 Å². The summed E-state index contributed by atoms with van der Waals surface area (Å²) >= 11 is 0. The number of aromatic nitrogens is 2. The van der Waals surface area contributed by atoms with Crippen molar-refractivity contribution in [1.29, 1.82) is 0 Å². The Morgan fingerprint density at radius 1 is 0.872 bits per heavy atom. The van der Waals surface area contributed by atoms with Crippen LogP contribution in [0.2, 0.25) is 0 Å². The van der Waals surface area contributed by atoms with Crippen molar-refractivity contribution in [3.8, 4) is 0 Å². The first-order valence-corrected chi connectivity index (χ1v) is 12.8. The predicted octanol–water partition coefficient (Wildman–Crippen LogP) is 3.53. The number of carbonyl (C=O) groups excluding carboxylic acids is 1. The summed E-state index contributed by atoms with van der Waals surface area (Å²) in [7, 11) is 0. The number of ether oxygens (including phenoxy) is 1.